The van der Waals surface area contributed by atoms with Crippen molar-refractivity contribution in [1.29, 1.82) is 0 Å². The Morgan fingerprint density at radius 1 is 1.00 bits per heavy atom. The number of benzene rings is 2. The summed E-state index contributed by atoms with van der Waals surface area (Å²) < 4.78 is 39.0. The van der Waals surface area contributed by atoms with Crippen molar-refractivity contribution in [1.82, 2.24) is 4.90 Å². The minimum Gasteiger partial charge on any atom is -0.486 e. The van der Waals surface area contributed by atoms with Gasteiger partial charge in [-0.1, -0.05) is 18.2 Å². The lowest BCUT2D eigenvalue weighted by molar-refractivity contribution is 0.0744. The van der Waals surface area contributed by atoms with E-state index in [2.05, 4.69) is 11.3 Å². The van der Waals surface area contributed by atoms with E-state index < -0.39 is 10.0 Å². The summed E-state index contributed by atoms with van der Waals surface area (Å²) in [5.74, 6) is 0.805. The van der Waals surface area contributed by atoms with Gasteiger partial charge in [-0.2, -0.15) is 0 Å². The largest absolute Gasteiger partial charge is 0.486 e. The summed E-state index contributed by atoms with van der Waals surface area (Å²) in [5, 5.41) is 0. The zero-order valence-electron chi connectivity index (χ0n) is 15.9. The maximum atomic E-state index is 12.8. The van der Waals surface area contributed by atoms with Crippen LogP contribution >= 0.6 is 0 Å². The van der Waals surface area contributed by atoms with Gasteiger partial charge >= 0.3 is 0 Å². The minimum atomic E-state index is -3.84. The molecule has 2 heterocycles. The molecule has 1 fully saturated rings. The van der Waals surface area contributed by atoms with Crippen LogP contribution in [0.25, 0.3) is 0 Å². The molecule has 0 unspecified atom stereocenters. The Morgan fingerprint density at radius 3 is 2.48 bits per heavy atom. The van der Waals surface area contributed by atoms with Crippen LogP contribution in [0.15, 0.2) is 59.5 Å². The Balaban J connectivity index is 1.52. The molecule has 1 saturated heterocycles. The highest BCUT2D eigenvalue weighted by atomic mass is 32.2. The molecule has 0 bridgehead atoms. The highest BCUT2D eigenvalue weighted by Crippen LogP contribution is 2.32. The number of anilines is 1. The molecule has 29 heavy (non-hydrogen) atoms. The summed E-state index contributed by atoms with van der Waals surface area (Å²) in [4.78, 5) is 14.6. The first-order valence-corrected chi connectivity index (χ1v) is 10.9. The van der Waals surface area contributed by atoms with Gasteiger partial charge in [0.05, 0.1) is 4.90 Å². The summed E-state index contributed by atoms with van der Waals surface area (Å²) in [6, 6.07) is 11.0. The second kappa shape index (κ2) is 7.79. The van der Waals surface area contributed by atoms with Gasteiger partial charge in [0.15, 0.2) is 11.5 Å². The number of carbonyl (C=O) groups excluding carboxylic acids is 1. The molecule has 4 rings (SSSR count). The van der Waals surface area contributed by atoms with Crippen molar-refractivity contribution < 1.29 is 22.7 Å². The first-order chi connectivity index (χ1) is 13.9. The van der Waals surface area contributed by atoms with Crippen molar-refractivity contribution in [2.75, 3.05) is 31.0 Å². The highest BCUT2D eigenvalue weighted by Gasteiger charge is 2.22. The summed E-state index contributed by atoms with van der Waals surface area (Å²) >= 11 is 0. The van der Waals surface area contributed by atoms with Gasteiger partial charge in [0.2, 0.25) is 0 Å². The molecule has 0 radical (unpaired) electrons. The van der Waals surface area contributed by atoms with E-state index in [0.29, 0.717) is 49.1 Å². The first kappa shape index (κ1) is 19.3. The van der Waals surface area contributed by atoms with E-state index in [9.17, 15) is 13.2 Å². The molecular formula is C21H22N2O5S. The Kier molecular flexibility index (Phi) is 5.19. The Morgan fingerprint density at radius 2 is 1.72 bits per heavy atom. The van der Waals surface area contributed by atoms with Crippen molar-refractivity contribution in [2.24, 2.45) is 0 Å². The number of nitrogens with zero attached hydrogens (tertiary/aromatic N) is 1. The standard InChI is InChI=1S/C21H22N2O5S/c1-15-7-9-23(10-8-15)21(24)16-3-2-4-17(13-16)22-29(25,26)18-5-6-19-20(14-18)28-12-11-27-19/h2-6,13-14,22H,1,7-12H2. The monoisotopic (exact) mass is 414 g/mol. The van der Waals surface area contributed by atoms with Crippen molar-refractivity contribution in [3.05, 3.63) is 60.2 Å². The van der Waals surface area contributed by atoms with E-state index >= 15 is 0 Å². The molecule has 7 nitrogen and oxygen atoms in total. The molecule has 2 aliphatic heterocycles. The number of hydrogen-bond donors (Lipinski definition) is 1. The van der Waals surface area contributed by atoms with E-state index in [1.165, 1.54) is 12.1 Å². The van der Waals surface area contributed by atoms with Crippen LogP contribution in [0.1, 0.15) is 23.2 Å². The zero-order chi connectivity index (χ0) is 20.4. The maximum Gasteiger partial charge on any atom is 0.262 e. The highest BCUT2D eigenvalue weighted by molar-refractivity contribution is 7.92. The smallest absolute Gasteiger partial charge is 0.262 e. The first-order valence-electron chi connectivity index (χ1n) is 9.41. The number of piperidine rings is 1. The maximum absolute atomic E-state index is 12.8. The third-order valence-electron chi connectivity index (χ3n) is 4.94. The topological polar surface area (TPSA) is 84.9 Å². The molecular weight excluding hydrogens is 392 g/mol. The van der Waals surface area contributed by atoms with Crippen molar-refractivity contribution >= 4 is 21.6 Å². The summed E-state index contributed by atoms with van der Waals surface area (Å²) in [6.07, 6.45) is 1.59. The van der Waals surface area contributed by atoms with Gasteiger partial charge < -0.3 is 14.4 Å². The lowest BCUT2D eigenvalue weighted by Gasteiger charge is -2.28. The van der Waals surface area contributed by atoms with Gasteiger partial charge in [-0.05, 0) is 43.2 Å². The fourth-order valence-corrected chi connectivity index (χ4v) is 4.39. The number of rotatable bonds is 4. The number of fused-ring (bicyclic) bond motifs is 1. The Hall–Kier alpha value is -3.00. The van der Waals surface area contributed by atoms with E-state index in [4.69, 9.17) is 9.47 Å². The zero-order valence-corrected chi connectivity index (χ0v) is 16.7. The third-order valence-corrected chi connectivity index (χ3v) is 6.32. The second-order valence-electron chi connectivity index (χ2n) is 7.03. The van der Waals surface area contributed by atoms with E-state index in [0.717, 1.165) is 18.4 Å². The molecule has 0 saturated carbocycles. The Bertz CT molecular complexity index is 1050. The SMILES string of the molecule is C=C1CCN(C(=O)c2cccc(NS(=O)(=O)c3ccc4c(c3)OCCO4)c2)CC1. The van der Waals surface area contributed by atoms with Crippen molar-refractivity contribution in [2.45, 2.75) is 17.7 Å². The summed E-state index contributed by atoms with van der Waals surface area (Å²) in [7, 11) is -3.84. The summed E-state index contributed by atoms with van der Waals surface area (Å²) in [5.41, 5.74) is 1.92. The normalized spacial score (nSPS) is 16.4. The van der Waals surface area contributed by atoms with Crippen LogP contribution in [-0.2, 0) is 10.0 Å². The van der Waals surface area contributed by atoms with Gasteiger partial charge in [0.25, 0.3) is 15.9 Å². The van der Waals surface area contributed by atoms with Crippen molar-refractivity contribution in [3.63, 3.8) is 0 Å². The van der Waals surface area contributed by atoms with Gasteiger partial charge in [-0.3, -0.25) is 9.52 Å². The molecule has 2 aliphatic rings. The molecule has 2 aromatic carbocycles. The van der Waals surface area contributed by atoms with E-state index in [1.807, 2.05) is 0 Å². The fourth-order valence-electron chi connectivity index (χ4n) is 3.33. The molecule has 1 N–H and O–H groups in total. The molecule has 0 aromatic heterocycles. The van der Waals surface area contributed by atoms with Crippen LogP contribution in [0.5, 0.6) is 11.5 Å². The predicted molar refractivity (Wildman–Crippen MR) is 109 cm³/mol. The van der Waals surface area contributed by atoms with Gasteiger partial charge in [-0.15, -0.1) is 0 Å². The van der Waals surface area contributed by atoms with Gasteiger partial charge in [0.1, 0.15) is 13.2 Å². The minimum absolute atomic E-state index is 0.0630. The Labute approximate surface area is 170 Å². The van der Waals surface area contributed by atoms with E-state index in [1.54, 1.807) is 35.2 Å². The molecule has 0 spiro atoms. The fraction of sp³-hybridized carbons (Fsp3) is 0.286. The van der Waals surface area contributed by atoms with Crippen LogP contribution in [0.4, 0.5) is 5.69 Å². The quantitative estimate of drug-likeness (QED) is 0.778. The van der Waals surface area contributed by atoms with E-state index in [-0.39, 0.29) is 10.8 Å². The van der Waals surface area contributed by atoms with Crippen LogP contribution < -0.4 is 14.2 Å². The van der Waals surface area contributed by atoms with Crippen LogP contribution in [-0.4, -0.2) is 45.5 Å². The number of likely N-dealkylation sites (tertiary alicyclic amines) is 1. The van der Waals surface area contributed by atoms with Crippen LogP contribution in [0, 0.1) is 0 Å². The predicted octanol–water partition coefficient (Wildman–Crippen LogP) is 3.05. The second-order valence-corrected chi connectivity index (χ2v) is 8.72. The van der Waals surface area contributed by atoms with Crippen molar-refractivity contribution in [3.8, 4) is 11.5 Å². The number of carbonyl (C=O) groups is 1. The number of ether oxygens (including phenoxy) is 2. The average molecular weight is 414 g/mol. The molecule has 8 heteroatoms. The lowest BCUT2D eigenvalue weighted by Crippen LogP contribution is -2.36. The number of sulfonamides is 1. The molecule has 0 atom stereocenters. The van der Waals surface area contributed by atoms with Crippen LogP contribution in [0.3, 0.4) is 0 Å². The number of amides is 1. The van der Waals surface area contributed by atoms with Crippen LogP contribution in [0.2, 0.25) is 0 Å². The molecule has 2 aromatic rings. The van der Waals surface area contributed by atoms with Gasteiger partial charge in [0, 0.05) is 30.4 Å². The lowest BCUT2D eigenvalue weighted by atomic mass is 10.0. The molecule has 1 amide bonds. The average Bonchev–Trinajstić information content (AvgIpc) is 2.73. The number of nitrogens with one attached hydrogen (secondary N) is 1. The third kappa shape index (κ3) is 4.22. The molecule has 152 valence electrons. The molecule has 0 aliphatic carbocycles. The number of hydrogen-bond acceptors (Lipinski definition) is 5. The van der Waals surface area contributed by atoms with Gasteiger partial charge in [-0.25, -0.2) is 8.42 Å². The summed E-state index contributed by atoms with van der Waals surface area (Å²) in [6.45, 7) is 6.03.